The predicted molar refractivity (Wildman–Crippen MR) is 158 cm³/mol. The molecule has 0 aliphatic heterocycles. The Balaban J connectivity index is 0.00000101. The highest BCUT2D eigenvalue weighted by molar-refractivity contribution is 7.80. The molecule has 0 aliphatic rings. The van der Waals surface area contributed by atoms with Gasteiger partial charge in [0.1, 0.15) is 0 Å². The number of hydrogen-bond acceptors (Lipinski definition) is 10. The standard InChI is InChI=1S/C18H31N5O4.C9H20O2S/c19-6-8-20-9-10-21-11-12-23-18(27)4-3-17(26)22-7-5-14-1-2-15(24)16(25)13-14;10-6-2-4-8-11-7-3-1-5-9-12/h1-2,13,20-21,24-25H,3-12,19H2,(H,22,26)(H,23,27);10,12H,1-9H2. The highest BCUT2D eigenvalue weighted by Gasteiger charge is 2.07. The van der Waals surface area contributed by atoms with Gasteiger partial charge in [-0.15, -0.1) is 0 Å². The van der Waals surface area contributed by atoms with Crippen LogP contribution in [0, 0.1) is 0 Å². The lowest BCUT2D eigenvalue weighted by atomic mass is 10.1. The summed E-state index contributed by atoms with van der Waals surface area (Å²) in [5.74, 6) is 0.267. The number of amides is 2. The molecule has 0 bridgehead atoms. The number of aliphatic hydroxyl groups is 1. The zero-order valence-corrected chi connectivity index (χ0v) is 24.2. The van der Waals surface area contributed by atoms with Gasteiger partial charge in [-0.1, -0.05) is 12.5 Å². The van der Waals surface area contributed by atoms with Crippen molar-refractivity contribution in [3.63, 3.8) is 0 Å². The Morgan fingerprint density at radius 3 is 2.03 bits per heavy atom. The third kappa shape index (κ3) is 24.7. The van der Waals surface area contributed by atoms with E-state index >= 15 is 0 Å². The van der Waals surface area contributed by atoms with E-state index < -0.39 is 0 Å². The van der Waals surface area contributed by atoms with E-state index in [1.807, 2.05) is 0 Å². The number of aliphatic hydroxyl groups excluding tert-OH is 1. The van der Waals surface area contributed by atoms with Crippen LogP contribution in [-0.4, -0.2) is 98.5 Å². The number of nitrogens with two attached hydrogens (primary N) is 1. The third-order valence-electron chi connectivity index (χ3n) is 5.42. The van der Waals surface area contributed by atoms with E-state index in [0.29, 0.717) is 32.6 Å². The fourth-order valence-electron chi connectivity index (χ4n) is 3.20. The lowest BCUT2D eigenvalue weighted by Crippen LogP contribution is -2.36. The minimum absolute atomic E-state index is 0.128. The number of benzene rings is 1. The Morgan fingerprint density at radius 2 is 1.41 bits per heavy atom. The number of rotatable bonds is 23. The quantitative estimate of drug-likeness (QED) is 0.0517. The van der Waals surface area contributed by atoms with E-state index in [2.05, 4.69) is 33.9 Å². The lowest BCUT2D eigenvalue weighted by molar-refractivity contribution is -0.126. The molecule has 0 saturated carbocycles. The van der Waals surface area contributed by atoms with Crippen LogP contribution in [0.1, 0.15) is 50.5 Å². The number of phenols is 2. The molecule has 1 aromatic carbocycles. The molecule has 0 fully saturated rings. The first-order chi connectivity index (χ1) is 18.9. The molecule has 11 nitrogen and oxygen atoms in total. The minimum Gasteiger partial charge on any atom is -0.504 e. The molecule has 0 heterocycles. The Labute approximate surface area is 239 Å². The highest BCUT2D eigenvalue weighted by Crippen LogP contribution is 2.24. The van der Waals surface area contributed by atoms with E-state index in [4.69, 9.17) is 15.6 Å². The van der Waals surface area contributed by atoms with Gasteiger partial charge >= 0.3 is 0 Å². The summed E-state index contributed by atoms with van der Waals surface area (Å²) in [6.07, 6.45) is 6.16. The third-order valence-corrected chi connectivity index (χ3v) is 5.74. The summed E-state index contributed by atoms with van der Waals surface area (Å²) in [6.45, 7) is 6.55. The van der Waals surface area contributed by atoms with Gasteiger partial charge in [-0.05, 0) is 55.6 Å². The SMILES string of the molecule is NCCNCCNCCNC(=O)CCC(=O)NCCc1ccc(O)c(O)c1.OCCCCOCCCCCS. The average molecular weight is 574 g/mol. The van der Waals surface area contributed by atoms with Crippen LogP contribution >= 0.6 is 12.6 Å². The van der Waals surface area contributed by atoms with Gasteiger partial charge in [0.25, 0.3) is 0 Å². The number of carbonyl (C=O) groups is 2. The van der Waals surface area contributed by atoms with Gasteiger partial charge in [0.2, 0.25) is 11.8 Å². The van der Waals surface area contributed by atoms with E-state index in [1.54, 1.807) is 6.07 Å². The highest BCUT2D eigenvalue weighted by atomic mass is 32.1. The van der Waals surface area contributed by atoms with E-state index in [-0.39, 0.29) is 42.8 Å². The monoisotopic (exact) mass is 573 g/mol. The van der Waals surface area contributed by atoms with Crippen LogP contribution in [0.3, 0.4) is 0 Å². The Kier molecular flexibility index (Phi) is 26.0. The zero-order chi connectivity index (χ0) is 29.0. The second kappa shape index (κ2) is 27.5. The molecule has 0 unspecified atom stereocenters. The molecule has 39 heavy (non-hydrogen) atoms. The average Bonchev–Trinajstić information content (AvgIpc) is 2.93. The molecule has 1 aromatic rings. The van der Waals surface area contributed by atoms with Crippen molar-refractivity contribution < 1.29 is 29.6 Å². The maximum Gasteiger partial charge on any atom is 0.220 e. The fraction of sp³-hybridized carbons (Fsp3) is 0.704. The van der Waals surface area contributed by atoms with E-state index in [0.717, 1.165) is 63.4 Å². The summed E-state index contributed by atoms with van der Waals surface area (Å²) in [5, 5.41) is 39.0. The van der Waals surface area contributed by atoms with Gasteiger partial charge in [0.15, 0.2) is 11.5 Å². The van der Waals surface area contributed by atoms with Crippen LogP contribution in [0.5, 0.6) is 11.5 Å². The molecule has 1 rings (SSSR count). The van der Waals surface area contributed by atoms with Gasteiger partial charge < -0.3 is 47.1 Å². The Hall–Kier alpha value is -2.09. The molecule has 2 amide bonds. The number of aromatic hydroxyl groups is 2. The van der Waals surface area contributed by atoms with Crippen molar-refractivity contribution in [1.82, 2.24) is 21.3 Å². The predicted octanol–water partition coefficient (Wildman–Crippen LogP) is 0.666. The lowest BCUT2D eigenvalue weighted by Gasteiger charge is -2.08. The van der Waals surface area contributed by atoms with Crippen molar-refractivity contribution >= 4 is 24.4 Å². The molecule has 0 radical (unpaired) electrons. The largest absolute Gasteiger partial charge is 0.504 e. The summed E-state index contributed by atoms with van der Waals surface area (Å²) < 4.78 is 5.35. The summed E-state index contributed by atoms with van der Waals surface area (Å²) in [5.41, 5.74) is 6.16. The molecule has 0 aliphatic carbocycles. The molecular formula is C27H51N5O6S. The van der Waals surface area contributed by atoms with Crippen LogP contribution in [-0.2, 0) is 20.7 Å². The van der Waals surface area contributed by atoms with Crippen LogP contribution in [0.15, 0.2) is 18.2 Å². The second-order valence-electron chi connectivity index (χ2n) is 8.89. The van der Waals surface area contributed by atoms with Gasteiger partial charge in [-0.3, -0.25) is 9.59 Å². The van der Waals surface area contributed by atoms with Gasteiger partial charge in [-0.25, -0.2) is 0 Å². The number of unbranched alkanes of at least 4 members (excludes halogenated alkanes) is 3. The van der Waals surface area contributed by atoms with Gasteiger partial charge in [0.05, 0.1) is 0 Å². The zero-order valence-electron chi connectivity index (χ0n) is 23.3. The van der Waals surface area contributed by atoms with E-state index in [1.165, 1.54) is 25.0 Å². The number of nitrogens with one attached hydrogen (secondary N) is 4. The first kappa shape index (κ1) is 36.9. The van der Waals surface area contributed by atoms with Crippen LogP contribution in [0.2, 0.25) is 0 Å². The Morgan fingerprint density at radius 1 is 0.795 bits per heavy atom. The normalized spacial score (nSPS) is 10.5. The van der Waals surface area contributed by atoms with Gasteiger partial charge in [0, 0.05) is 78.5 Å². The van der Waals surface area contributed by atoms with E-state index in [9.17, 15) is 19.8 Å². The maximum absolute atomic E-state index is 11.8. The van der Waals surface area contributed by atoms with Crippen LogP contribution < -0.4 is 27.0 Å². The van der Waals surface area contributed by atoms with Gasteiger partial charge in [-0.2, -0.15) is 12.6 Å². The number of carbonyl (C=O) groups excluding carboxylic acids is 2. The van der Waals surface area contributed by atoms with Crippen LogP contribution in [0.4, 0.5) is 0 Å². The smallest absolute Gasteiger partial charge is 0.220 e. The first-order valence-electron chi connectivity index (χ1n) is 13.9. The maximum atomic E-state index is 11.8. The molecule has 9 N–H and O–H groups in total. The number of thiol groups is 1. The summed E-state index contributed by atoms with van der Waals surface area (Å²) in [7, 11) is 0. The molecular weight excluding hydrogens is 522 g/mol. The molecule has 0 saturated heterocycles. The van der Waals surface area contributed by atoms with Crippen molar-refractivity contribution in [2.75, 3.05) is 71.4 Å². The fourth-order valence-corrected chi connectivity index (χ4v) is 3.43. The topological polar surface area (TPSA) is 178 Å². The number of phenolic OH excluding ortho intramolecular Hbond substituents is 2. The van der Waals surface area contributed by atoms with Crippen molar-refractivity contribution in [2.45, 2.75) is 51.4 Å². The number of hydrogen-bond donors (Lipinski definition) is 9. The first-order valence-corrected chi connectivity index (χ1v) is 14.5. The summed E-state index contributed by atoms with van der Waals surface area (Å²) in [4.78, 5) is 23.4. The second-order valence-corrected chi connectivity index (χ2v) is 9.34. The Bertz CT molecular complexity index is 735. The minimum atomic E-state index is -0.197. The van der Waals surface area contributed by atoms with Crippen molar-refractivity contribution in [2.24, 2.45) is 5.73 Å². The molecule has 226 valence electrons. The molecule has 0 spiro atoms. The summed E-state index contributed by atoms with van der Waals surface area (Å²) >= 11 is 4.12. The number of ether oxygens (including phenoxy) is 1. The van der Waals surface area contributed by atoms with Crippen molar-refractivity contribution in [1.29, 1.82) is 0 Å². The molecule has 0 aromatic heterocycles. The molecule has 0 atom stereocenters. The summed E-state index contributed by atoms with van der Waals surface area (Å²) in [6, 6.07) is 4.54. The van der Waals surface area contributed by atoms with Crippen molar-refractivity contribution in [3.05, 3.63) is 23.8 Å². The van der Waals surface area contributed by atoms with Crippen molar-refractivity contribution in [3.8, 4) is 11.5 Å². The van der Waals surface area contributed by atoms with Crippen LogP contribution in [0.25, 0.3) is 0 Å². The molecule has 12 heteroatoms.